The van der Waals surface area contributed by atoms with E-state index in [1.165, 1.54) is 0 Å². The number of nitrogens with zero attached hydrogens (tertiary/aromatic N) is 1. The number of allylic oxidation sites excluding steroid dienone is 1. The molecule has 0 saturated heterocycles. The van der Waals surface area contributed by atoms with E-state index in [9.17, 15) is 4.79 Å². The molecule has 0 aromatic heterocycles. The topological polar surface area (TPSA) is 52.6 Å². The third kappa shape index (κ3) is 2.52. The monoisotopic (exact) mass is 264 g/mol. The molecule has 0 radical (unpaired) electrons. The number of β-amino-alcohol motifs (C(OH)–C–C–N with tert-alkyl or cyclic N) is 1. The lowest BCUT2D eigenvalue weighted by Crippen LogP contribution is -2.25. The first kappa shape index (κ1) is 13.0. The molecule has 18 heavy (non-hydrogen) atoms. The van der Waals surface area contributed by atoms with Crippen LogP contribution in [0.25, 0.3) is 0 Å². The van der Waals surface area contributed by atoms with Gasteiger partial charge in [0.2, 0.25) is 6.41 Å². The zero-order valence-electron chi connectivity index (χ0n) is 10.2. The van der Waals surface area contributed by atoms with Gasteiger partial charge in [0, 0.05) is 12.2 Å². The summed E-state index contributed by atoms with van der Waals surface area (Å²) >= 11 is 1.60. The summed E-state index contributed by atoms with van der Waals surface area (Å²) in [5.41, 5.74) is 2.16. The second-order valence-corrected chi connectivity index (χ2v) is 5.07. The Morgan fingerprint density at radius 3 is 2.78 bits per heavy atom. The molecule has 1 amide bonds. The van der Waals surface area contributed by atoms with Crippen molar-refractivity contribution < 1.29 is 9.90 Å². The van der Waals surface area contributed by atoms with Crippen LogP contribution in [0.3, 0.4) is 0 Å². The Bertz CT molecular complexity index is 448. The summed E-state index contributed by atoms with van der Waals surface area (Å²) in [6.07, 6.45) is 0.691. The highest BCUT2D eigenvalue weighted by molar-refractivity contribution is 8.03. The van der Waals surface area contributed by atoms with E-state index in [2.05, 4.69) is 22.3 Å². The summed E-state index contributed by atoms with van der Waals surface area (Å²) in [7, 11) is 0. The quantitative estimate of drug-likeness (QED) is 0.794. The fraction of sp³-hybridized carbons (Fsp3) is 0.308. The van der Waals surface area contributed by atoms with Gasteiger partial charge in [-0.05, 0) is 12.5 Å². The Labute approximate surface area is 111 Å². The average Bonchev–Trinajstić information content (AvgIpc) is 2.70. The number of thioether (sulfide) groups is 1. The SMILES string of the molecule is CC1=C(NC=O)SC(c2ccccc2)N1CCO. The Balaban J connectivity index is 2.25. The number of aliphatic hydroxyl groups is 1. The van der Waals surface area contributed by atoms with Gasteiger partial charge < -0.3 is 15.3 Å². The molecule has 2 rings (SSSR count). The maximum Gasteiger partial charge on any atom is 0.211 e. The highest BCUT2D eigenvalue weighted by atomic mass is 32.2. The molecule has 0 saturated carbocycles. The fourth-order valence-electron chi connectivity index (χ4n) is 2.02. The number of hydrogen-bond acceptors (Lipinski definition) is 4. The number of benzene rings is 1. The van der Waals surface area contributed by atoms with Crippen molar-refractivity contribution >= 4 is 18.2 Å². The van der Waals surface area contributed by atoms with Gasteiger partial charge in [-0.1, -0.05) is 42.1 Å². The Morgan fingerprint density at radius 2 is 2.17 bits per heavy atom. The third-order valence-corrected chi connectivity index (χ3v) is 4.29. The van der Waals surface area contributed by atoms with Gasteiger partial charge in [-0.25, -0.2) is 0 Å². The first-order valence-electron chi connectivity index (χ1n) is 5.78. The smallest absolute Gasteiger partial charge is 0.211 e. The second kappa shape index (κ2) is 5.93. The maximum absolute atomic E-state index is 10.6. The van der Waals surface area contributed by atoms with E-state index in [0.29, 0.717) is 13.0 Å². The molecular weight excluding hydrogens is 248 g/mol. The number of rotatable bonds is 5. The van der Waals surface area contributed by atoms with E-state index in [0.717, 1.165) is 16.3 Å². The summed E-state index contributed by atoms with van der Waals surface area (Å²) in [5, 5.41) is 12.8. The first-order chi connectivity index (χ1) is 8.77. The van der Waals surface area contributed by atoms with Crippen LogP contribution < -0.4 is 5.32 Å². The van der Waals surface area contributed by atoms with Gasteiger partial charge in [0.05, 0.1) is 11.6 Å². The van der Waals surface area contributed by atoms with Crippen molar-refractivity contribution in [1.29, 1.82) is 0 Å². The summed E-state index contributed by atoms with van der Waals surface area (Å²) in [5.74, 6) is 0. The van der Waals surface area contributed by atoms with Crippen molar-refractivity contribution in [3.8, 4) is 0 Å². The molecule has 1 aliphatic rings. The summed E-state index contributed by atoms with van der Waals surface area (Å²) in [4.78, 5) is 12.7. The summed E-state index contributed by atoms with van der Waals surface area (Å²) in [6.45, 7) is 2.61. The fourth-order valence-corrected chi connectivity index (χ4v) is 3.33. The molecule has 1 unspecified atom stereocenters. The van der Waals surface area contributed by atoms with E-state index >= 15 is 0 Å². The Hall–Kier alpha value is -1.46. The number of aliphatic hydroxyl groups excluding tert-OH is 1. The lowest BCUT2D eigenvalue weighted by Gasteiger charge is -2.26. The van der Waals surface area contributed by atoms with Crippen molar-refractivity contribution in [3.05, 3.63) is 46.6 Å². The van der Waals surface area contributed by atoms with Crippen molar-refractivity contribution in [1.82, 2.24) is 10.2 Å². The van der Waals surface area contributed by atoms with Gasteiger partial charge >= 0.3 is 0 Å². The molecule has 0 bridgehead atoms. The average molecular weight is 264 g/mol. The van der Waals surface area contributed by atoms with E-state index in [1.807, 2.05) is 25.1 Å². The minimum Gasteiger partial charge on any atom is -0.395 e. The number of hydrogen-bond donors (Lipinski definition) is 2. The third-order valence-electron chi connectivity index (χ3n) is 2.89. The van der Waals surface area contributed by atoms with Crippen LogP contribution >= 0.6 is 11.8 Å². The van der Waals surface area contributed by atoms with Crippen LogP contribution in [0.5, 0.6) is 0 Å². The first-order valence-corrected chi connectivity index (χ1v) is 6.66. The largest absolute Gasteiger partial charge is 0.395 e. The van der Waals surface area contributed by atoms with Crippen molar-refractivity contribution in [2.45, 2.75) is 12.3 Å². The second-order valence-electron chi connectivity index (χ2n) is 3.97. The number of nitrogens with one attached hydrogen (secondary N) is 1. The number of carbonyl (C=O) groups is 1. The molecule has 1 heterocycles. The molecule has 0 spiro atoms. The van der Waals surface area contributed by atoms with Crippen molar-refractivity contribution in [3.63, 3.8) is 0 Å². The van der Waals surface area contributed by atoms with E-state index in [4.69, 9.17) is 5.11 Å². The molecule has 4 nitrogen and oxygen atoms in total. The predicted octanol–water partition coefficient (Wildman–Crippen LogP) is 1.66. The van der Waals surface area contributed by atoms with E-state index in [1.54, 1.807) is 11.8 Å². The number of amides is 1. The molecule has 5 heteroatoms. The highest BCUT2D eigenvalue weighted by Crippen LogP contribution is 2.45. The van der Waals surface area contributed by atoms with Crippen molar-refractivity contribution in [2.24, 2.45) is 0 Å². The predicted molar refractivity (Wildman–Crippen MR) is 72.5 cm³/mol. The van der Waals surface area contributed by atoms with E-state index < -0.39 is 0 Å². The van der Waals surface area contributed by atoms with Crippen LogP contribution in [0.2, 0.25) is 0 Å². The number of carbonyl (C=O) groups excluding carboxylic acids is 1. The highest BCUT2D eigenvalue weighted by Gasteiger charge is 2.30. The maximum atomic E-state index is 10.6. The van der Waals surface area contributed by atoms with Crippen LogP contribution in [0, 0.1) is 0 Å². The van der Waals surface area contributed by atoms with Crippen LogP contribution in [-0.4, -0.2) is 29.6 Å². The molecular formula is C13H16N2O2S. The van der Waals surface area contributed by atoms with Crippen LogP contribution in [-0.2, 0) is 4.79 Å². The van der Waals surface area contributed by atoms with Gasteiger partial charge in [0.25, 0.3) is 0 Å². The molecule has 1 atom stereocenters. The van der Waals surface area contributed by atoms with Crippen LogP contribution in [0.15, 0.2) is 41.1 Å². The molecule has 0 fully saturated rings. The van der Waals surface area contributed by atoms with Gasteiger partial charge in [-0.2, -0.15) is 0 Å². The van der Waals surface area contributed by atoms with Gasteiger partial charge in [-0.3, -0.25) is 4.79 Å². The molecule has 96 valence electrons. The summed E-state index contributed by atoms with van der Waals surface area (Å²) < 4.78 is 0. The lowest BCUT2D eigenvalue weighted by atomic mass is 10.2. The van der Waals surface area contributed by atoms with Gasteiger partial charge in [-0.15, -0.1) is 0 Å². The molecule has 2 N–H and O–H groups in total. The zero-order chi connectivity index (χ0) is 13.0. The van der Waals surface area contributed by atoms with E-state index in [-0.39, 0.29) is 12.0 Å². The molecule has 0 aliphatic carbocycles. The molecule has 1 aromatic rings. The van der Waals surface area contributed by atoms with Crippen LogP contribution in [0.4, 0.5) is 0 Å². The van der Waals surface area contributed by atoms with Gasteiger partial charge in [0.15, 0.2) is 0 Å². The Kier molecular flexibility index (Phi) is 4.28. The standard InChI is InChI=1S/C13H16N2O2S/c1-10-12(14-9-17)18-13(15(10)7-8-16)11-5-3-2-4-6-11/h2-6,9,13,16H,7-8H2,1H3,(H,14,17). The molecule has 1 aliphatic heterocycles. The minimum atomic E-state index is 0.0929. The normalized spacial score (nSPS) is 19.2. The van der Waals surface area contributed by atoms with Gasteiger partial charge in [0.1, 0.15) is 5.37 Å². The zero-order valence-corrected chi connectivity index (χ0v) is 11.0. The molecule has 1 aromatic carbocycles. The summed E-state index contributed by atoms with van der Waals surface area (Å²) in [6, 6.07) is 10.1. The van der Waals surface area contributed by atoms with Crippen LogP contribution in [0.1, 0.15) is 17.9 Å². The Morgan fingerprint density at radius 1 is 1.44 bits per heavy atom. The lowest BCUT2D eigenvalue weighted by molar-refractivity contribution is -0.108. The minimum absolute atomic E-state index is 0.0929. The van der Waals surface area contributed by atoms with Crippen molar-refractivity contribution in [2.75, 3.05) is 13.2 Å².